The minimum atomic E-state index is -0.968. The summed E-state index contributed by atoms with van der Waals surface area (Å²) in [5.74, 6) is -0.968. The van der Waals surface area contributed by atoms with Gasteiger partial charge >= 0.3 is 5.97 Å². The molecule has 5 heteroatoms. The highest BCUT2D eigenvalue weighted by Gasteiger charge is 1.81. The molecule has 0 atom stereocenters. The second kappa shape index (κ2) is 12.2. The SMILES string of the molecule is CCl.Clc1ccccc1.NCC(=O)O. The molecule has 80 valence electrons. The number of carbonyl (C=O) groups is 1. The van der Waals surface area contributed by atoms with Gasteiger partial charge in [0.15, 0.2) is 0 Å². The van der Waals surface area contributed by atoms with Crippen LogP contribution in [-0.2, 0) is 4.79 Å². The van der Waals surface area contributed by atoms with E-state index in [1.165, 1.54) is 6.38 Å². The second-order valence-electron chi connectivity index (χ2n) is 1.89. The van der Waals surface area contributed by atoms with Crippen molar-refractivity contribution < 1.29 is 9.90 Å². The third kappa shape index (κ3) is 13.8. The number of carboxylic acids is 1. The van der Waals surface area contributed by atoms with Crippen LogP contribution in [0.5, 0.6) is 0 Å². The zero-order valence-corrected chi connectivity index (χ0v) is 9.29. The van der Waals surface area contributed by atoms with Crippen molar-refractivity contribution in [2.24, 2.45) is 5.73 Å². The van der Waals surface area contributed by atoms with Gasteiger partial charge in [0.25, 0.3) is 0 Å². The van der Waals surface area contributed by atoms with Crippen molar-refractivity contribution in [1.82, 2.24) is 0 Å². The smallest absolute Gasteiger partial charge is 0.317 e. The fourth-order valence-electron chi connectivity index (χ4n) is 0.415. The molecule has 0 fully saturated rings. The Bertz CT molecular complexity index is 230. The van der Waals surface area contributed by atoms with E-state index in [2.05, 4.69) is 17.3 Å². The zero-order chi connectivity index (χ0) is 11.4. The summed E-state index contributed by atoms with van der Waals surface area (Å²) in [5, 5.41) is 8.39. The highest BCUT2D eigenvalue weighted by Crippen LogP contribution is 2.03. The first kappa shape index (κ1) is 15.7. The lowest BCUT2D eigenvalue weighted by atomic mass is 10.4. The van der Waals surface area contributed by atoms with Crippen LogP contribution < -0.4 is 5.73 Å². The van der Waals surface area contributed by atoms with Gasteiger partial charge in [-0.3, -0.25) is 4.79 Å². The van der Waals surface area contributed by atoms with Crippen LogP contribution in [0.2, 0.25) is 5.02 Å². The minimum absolute atomic E-state index is 0.278. The average Bonchev–Trinajstić information content (AvgIpc) is 2.23. The molecule has 0 aliphatic carbocycles. The molecule has 0 bridgehead atoms. The van der Waals surface area contributed by atoms with E-state index in [1.54, 1.807) is 0 Å². The molecule has 0 aromatic heterocycles. The van der Waals surface area contributed by atoms with Crippen molar-refractivity contribution in [1.29, 1.82) is 0 Å². The highest BCUT2D eigenvalue weighted by molar-refractivity contribution is 6.30. The second-order valence-corrected chi connectivity index (χ2v) is 2.33. The van der Waals surface area contributed by atoms with Crippen molar-refractivity contribution in [3.8, 4) is 0 Å². The van der Waals surface area contributed by atoms with Gasteiger partial charge in [-0.15, -0.1) is 11.6 Å². The standard InChI is InChI=1S/C6H5Cl.C2H5NO2.CH3Cl/c7-6-4-2-1-3-5-6;3-1-2(4)5;1-2/h1-5H;1,3H2,(H,4,5);1H3. The van der Waals surface area contributed by atoms with E-state index in [4.69, 9.17) is 16.7 Å². The molecule has 0 saturated carbocycles. The Morgan fingerprint density at radius 2 is 1.71 bits per heavy atom. The Morgan fingerprint density at radius 3 is 1.86 bits per heavy atom. The van der Waals surface area contributed by atoms with Gasteiger partial charge < -0.3 is 10.8 Å². The molecule has 0 spiro atoms. The molecule has 0 unspecified atom stereocenters. The number of alkyl halides is 1. The number of rotatable bonds is 1. The summed E-state index contributed by atoms with van der Waals surface area (Å²) in [4.78, 5) is 9.24. The summed E-state index contributed by atoms with van der Waals surface area (Å²) in [7, 11) is 0. The summed E-state index contributed by atoms with van der Waals surface area (Å²) >= 11 is 10.2. The van der Waals surface area contributed by atoms with E-state index in [1.807, 2.05) is 30.3 Å². The third-order valence-corrected chi connectivity index (χ3v) is 1.16. The van der Waals surface area contributed by atoms with Crippen molar-refractivity contribution in [2.45, 2.75) is 0 Å². The molecule has 1 aromatic rings. The van der Waals surface area contributed by atoms with E-state index in [9.17, 15) is 4.79 Å². The van der Waals surface area contributed by atoms with Gasteiger partial charge in [0, 0.05) is 11.4 Å². The van der Waals surface area contributed by atoms with Crippen LogP contribution in [0.4, 0.5) is 0 Å². The molecular weight excluding hydrogens is 225 g/mol. The Labute approximate surface area is 93.4 Å². The Balaban J connectivity index is 0. The monoisotopic (exact) mass is 237 g/mol. The Kier molecular flexibility index (Phi) is 13.7. The molecule has 0 radical (unpaired) electrons. The molecule has 0 amide bonds. The van der Waals surface area contributed by atoms with Crippen LogP contribution in [0.15, 0.2) is 30.3 Å². The van der Waals surface area contributed by atoms with Gasteiger partial charge in [0.05, 0.1) is 6.54 Å². The molecule has 0 aliphatic heterocycles. The Hall–Kier alpha value is -0.770. The van der Waals surface area contributed by atoms with Crippen molar-refractivity contribution in [3.05, 3.63) is 35.4 Å². The number of carboxylic acid groups (broad SMARTS) is 1. The van der Waals surface area contributed by atoms with E-state index in [0.29, 0.717) is 0 Å². The molecule has 0 aliphatic rings. The van der Waals surface area contributed by atoms with Crippen molar-refractivity contribution in [2.75, 3.05) is 12.9 Å². The topological polar surface area (TPSA) is 63.3 Å². The lowest BCUT2D eigenvalue weighted by Crippen LogP contribution is -2.10. The molecule has 3 N–H and O–H groups in total. The van der Waals surface area contributed by atoms with E-state index in [0.717, 1.165) is 5.02 Å². The highest BCUT2D eigenvalue weighted by atomic mass is 35.5. The summed E-state index contributed by atoms with van der Waals surface area (Å²) in [6.07, 6.45) is 1.47. The van der Waals surface area contributed by atoms with Crippen LogP contribution in [-0.4, -0.2) is 24.0 Å². The van der Waals surface area contributed by atoms with Gasteiger partial charge in [-0.1, -0.05) is 29.8 Å². The van der Waals surface area contributed by atoms with E-state index in [-0.39, 0.29) is 6.54 Å². The van der Waals surface area contributed by atoms with Crippen LogP contribution in [0.25, 0.3) is 0 Å². The van der Waals surface area contributed by atoms with Crippen LogP contribution in [0.1, 0.15) is 0 Å². The van der Waals surface area contributed by atoms with E-state index >= 15 is 0 Å². The number of benzene rings is 1. The summed E-state index contributed by atoms with van der Waals surface area (Å²) in [6, 6.07) is 9.44. The third-order valence-electron chi connectivity index (χ3n) is 0.908. The normalized spacial score (nSPS) is 7.43. The summed E-state index contributed by atoms with van der Waals surface area (Å²) in [5.41, 5.74) is 4.57. The molecule has 0 saturated heterocycles. The van der Waals surface area contributed by atoms with Crippen LogP contribution in [0, 0.1) is 0 Å². The average molecular weight is 238 g/mol. The molecule has 1 rings (SSSR count). The molecule has 3 nitrogen and oxygen atoms in total. The van der Waals surface area contributed by atoms with Crippen LogP contribution >= 0.6 is 23.2 Å². The first-order valence-corrected chi connectivity index (χ1v) is 4.80. The summed E-state index contributed by atoms with van der Waals surface area (Å²) in [6.45, 7) is -0.278. The number of hydrogen-bond acceptors (Lipinski definition) is 2. The molecule has 14 heavy (non-hydrogen) atoms. The Morgan fingerprint density at radius 1 is 1.36 bits per heavy atom. The number of halogens is 2. The lowest BCUT2D eigenvalue weighted by Gasteiger charge is -1.80. The predicted octanol–water partition coefficient (Wildman–Crippen LogP) is 2.22. The number of nitrogens with two attached hydrogens (primary N) is 1. The van der Waals surface area contributed by atoms with Gasteiger partial charge in [-0.2, -0.15) is 0 Å². The zero-order valence-electron chi connectivity index (χ0n) is 7.78. The first-order chi connectivity index (χ1) is 6.66. The number of hydrogen-bond donors (Lipinski definition) is 2. The van der Waals surface area contributed by atoms with Crippen molar-refractivity contribution in [3.63, 3.8) is 0 Å². The van der Waals surface area contributed by atoms with Gasteiger partial charge in [-0.05, 0) is 12.1 Å². The van der Waals surface area contributed by atoms with E-state index < -0.39 is 5.97 Å². The fraction of sp³-hybridized carbons (Fsp3) is 0.222. The van der Waals surface area contributed by atoms with Gasteiger partial charge in [0.1, 0.15) is 0 Å². The van der Waals surface area contributed by atoms with Gasteiger partial charge in [0.2, 0.25) is 0 Å². The largest absolute Gasteiger partial charge is 0.480 e. The quantitative estimate of drug-likeness (QED) is 0.737. The maximum atomic E-state index is 9.24. The predicted molar refractivity (Wildman–Crippen MR) is 59.9 cm³/mol. The lowest BCUT2D eigenvalue weighted by molar-refractivity contribution is -0.135. The molecule has 1 aromatic carbocycles. The van der Waals surface area contributed by atoms with Crippen molar-refractivity contribution >= 4 is 29.2 Å². The molecular formula is C9H13Cl2NO2. The van der Waals surface area contributed by atoms with Crippen LogP contribution in [0.3, 0.4) is 0 Å². The minimum Gasteiger partial charge on any atom is -0.480 e. The molecule has 0 heterocycles. The first-order valence-electron chi connectivity index (χ1n) is 3.67. The summed E-state index contributed by atoms with van der Waals surface area (Å²) < 4.78 is 0. The number of aliphatic carboxylic acids is 1. The maximum Gasteiger partial charge on any atom is 0.317 e. The van der Waals surface area contributed by atoms with Gasteiger partial charge in [-0.25, -0.2) is 0 Å². The fourth-order valence-corrected chi connectivity index (χ4v) is 0.560. The maximum absolute atomic E-state index is 9.24.